The van der Waals surface area contributed by atoms with E-state index in [0.717, 1.165) is 12.8 Å². The lowest BCUT2D eigenvalue weighted by atomic mass is 10.2. The fourth-order valence-corrected chi connectivity index (χ4v) is 3.06. The highest BCUT2D eigenvalue weighted by atomic mass is 19.4. The van der Waals surface area contributed by atoms with E-state index in [1.807, 2.05) is 0 Å². The molecule has 0 aromatic carbocycles. The topological polar surface area (TPSA) is 119 Å². The largest absolute Gasteiger partial charge is 0.389 e. The second-order valence-corrected chi connectivity index (χ2v) is 7.68. The van der Waals surface area contributed by atoms with Crippen molar-refractivity contribution in [3.8, 4) is 0 Å². The van der Waals surface area contributed by atoms with Crippen LogP contribution in [0.2, 0.25) is 0 Å². The smallest absolute Gasteiger partial charge is 0.352 e. The standard InChI is InChI=1S/C19H21F3N8O2/c20-19(21,22)4-3-16(31)23-6-13-5-15-28-14(10-29(15)26-7-13)8-24-18(32)17-25-11-27-30(17)9-12-1-2-12/h5,7,10-12H,1-4,6,8-9H2,(H,23,31)(H,24,32). The number of fused-ring (bicyclic) bond motifs is 1. The third-order valence-corrected chi connectivity index (χ3v) is 4.93. The van der Waals surface area contributed by atoms with Crippen molar-refractivity contribution in [2.24, 2.45) is 5.92 Å². The second-order valence-electron chi connectivity index (χ2n) is 7.68. The highest BCUT2D eigenvalue weighted by molar-refractivity contribution is 5.90. The minimum atomic E-state index is -4.37. The first-order valence-corrected chi connectivity index (χ1v) is 10.1. The van der Waals surface area contributed by atoms with Gasteiger partial charge in [0, 0.05) is 19.5 Å². The van der Waals surface area contributed by atoms with Gasteiger partial charge in [-0.25, -0.2) is 19.2 Å². The van der Waals surface area contributed by atoms with E-state index in [1.54, 1.807) is 16.9 Å². The van der Waals surface area contributed by atoms with Gasteiger partial charge in [-0.2, -0.15) is 23.4 Å². The van der Waals surface area contributed by atoms with Crippen LogP contribution in [0.3, 0.4) is 0 Å². The minimum absolute atomic E-state index is 0.0375. The number of nitrogens with zero attached hydrogens (tertiary/aromatic N) is 6. The van der Waals surface area contributed by atoms with Crippen molar-refractivity contribution in [1.82, 2.24) is 40.0 Å². The van der Waals surface area contributed by atoms with Crippen LogP contribution in [0.5, 0.6) is 0 Å². The van der Waals surface area contributed by atoms with Gasteiger partial charge in [-0.3, -0.25) is 9.59 Å². The van der Waals surface area contributed by atoms with Gasteiger partial charge in [0.05, 0.1) is 31.1 Å². The summed E-state index contributed by atoms with van der Waals surface area (Å²) in [7, 11) is 0. The van der Waals surface area contributed by atoms with Gasteiger partial charge < -0.3 is 10.6 Å². The Bertz CT molecular complexity index is 1120. The molecule has 1 fully saturated rings. The molecule has 1 aliphatic carbocycles. The van der Waals surface area contributed by atoms with E-state index in [9.17, 15) is 22.8 Å². The van der Waals surface area contributed by atoms with E-state index in [2.05, 4.69) is 30.8 Å². The molecule has 170 valence electrons. The van der Waals surface area contributed by atoms with Crippen LogP contribution in [-0.4, -0.2) is 47.4 Å². The molecular weight excluding hydrogens is 429 g/mol. The summed E-state index contributed by atoms with van der Waals surface area (Å²) >= 11 is 0. The molecule has 0 bridgehead atoms. The van der Waals surface area contributed by atoms with Crippen molar-refractivity contribution < 1.29 is 22.8 Å². The van der Waals surface area contributed by atoms with Crippen LogP contribution in [0.4, 0.5) is 13.2 Å². The van der Waals surface area contributed by atoms with Gasteiger partial charge in [0.15, 0.2) is 5.65 Å². The molecule has 2 amide bonds. The third kappa shape index (κ3) is 5.80. The zero-order valence-electron chi connectivity index (χ0n) is 17.0. The second kappa shape index (κ2) is 8.93. The first-order valence-electron chi connectivity index (χ1n) is 10.1. The Morgan fingerprint density at radius 3 is 2.72 bits per heavy atom. The molecule has 10 nitrogen and oxygen atoms in total. The molecule has 2 N–H and O–H groups in total. The molecule has 0 radical (unpaired) electrons. The predicted octanol–water partition coefficient (Wildman–Crippen LogP) is 1.62. The number of aromatic nitrogens is 6. The summed E-state index contributed by atoms with van der Waals surface area (Å²) in [6.45, 7) is 0.869. The number of carbonyl (C=O) groups excluding carboxylic acids is 2. The van der Waals surface area contributed by atoms with Crippen molar-refractivity contribution in [1.29, 1.82) is 0 Å². The average molecular weight is 450 g/mol. The van der Waals surface area contributed by atoms with Crippen molar-refractivity contribution >= 4 is 17.5 Å². The number of carbonyl (C=O) groups is 2. The SMILES string of the molecule is O=C(CCC(F)(F)F)NCc1cnn2cc(CNC(=O)c3ncnn3CC3CC3)nc2c1. The predicted molar refractivity (Wildman–Crippen MR) is 104 cm³/mol. The molecule has 0 aliphatic heterocycles. The molecule has 0 atom stereocenters. The molecule has 3 heterocycles. The Morgan fingerprint density at radius 1 is 1.16 bits per heavy atom. The highest BCUT2D eigenvalue weighted by Gasteiger charge is 2.28. The normalized spacial score (nSPS) is 14.0. The molecule has 3 aromatic rings. The molecule has 4 rings (SSSR count). The number of rotatable bonds is 9. The van der Waals surface area contributed by atoms with Gasteiger partial charge in [0.25, 0.3) is 5.91 Å². The van der Waals surface area contributed by atoms with Crippen LogP contribution >= 0.6 is 0 Å². The molecule has 0 spiro atoms. The monoisotopic (exact) mass is 450 g/mol. The maximum atomic E-state index is 12.4. The van der Waals surface area contributed by atoms with Crippen molar-refractivity contribution in [2.75, 3.05) is 0 Å². The molecule has 0 unspecified atom stereocenters. The summed E-state index contributed by atoms with van der Waals surface area (Å²) < 4.78 is 39.7. The highest BCUT2D eigenvalue weighted by Crippen LogP contribution is 2.30. The Labute approximate surface area is 180 Å². The Morgan fingerprint density at radius 2 is 1.97 bits per heavy atom. The Hall–Kier alpha value is -3.51. The van der Waals surface area contributed by atoms with E-state index in [4.69, 9.17) is 0 Å². The molecule has 32 heavy (non-hydrogen) atoms. The Kier molecular flexibility index (Phi) is 6.06. The van der Waals surface area contributed by atoms with E-state index >= 15 is 0 Å². The lowest BCUT2D eigenvalue weighted by molar-refractivity contribution is -0.144. The minimum Gasteiger partial charge on any atom is -0.352 e. The quantitative estimate of drug-likeness (QED) is 0.511. The number of imidazole rings is 1. The lowest BCUT2D eigenvalue weighted by Gasteiger charge is -2.07. The molecule has 13 heteroatoms. The Balaban J connectivity index is 1.31. The fourth-order valence-electron chi connectivity index (χ4n) is 3.06. The maximum absolute atomic E-state index is 12.4. The average Bonchev–Trinajstić information content (AvgIpc) is 3.28. The van der Waals surface area contributed by atoms with Crippen LogP contribution in [0.25, 0.3) is 5.65 Å². The summed E-state index contributed by atoms with van der Waals surface area (Å²) in [6.07, 6.45) is 0.603. The van der Waals surface area contributed by atoms with Crippen LogP contribution in [0.1, 0.15) is 47.6 Å². The molecular formula is C19H21F3N8O2. The zero-order chi connectivity index (χ0) is 22.7. The zero-order valence-corrected chi connectivity index (χ0v) is 17.0. The maximum Gasteiger partial charge on any atom is 0.389 e. The number of halogens is 3. The van der Waals surface area contributed by atoms with Gasteiger partial charge >= 0.3 is 6.18 Å². The van der Waals surface area contributed by atoms with Crippen molar-refractivity contribution in [3.05, 3.63) is 41.9 Å². The number of hydrogen-bond donors (Lipinski definition) is 2. The molecule has 0 saturated heterocycles. The first kappa shape index (κ1) is 21.7. The molecule has 1 aliphatic rings. The van der Waals surface area contributed by atoms with Crippen LogP contribution in [-0.2, 0) is 24.4 Å². The number of alkyl halides is 3. The first-order chi connectivity index (χ1) is 15.3. The van der Waals surface area contributed by atoms with Crippen LogP contribution in [0.15, 0.2) is 24.8 Å². The van der Waals surface area contributed by atoms with Crippen molar-refractivity contribution in [3.63, 3.8) is 0 Å². The van der Waals surface area contributed by atoms with E-state index in [0.29, 0.717) is 29.4 Å². The number of hydrogen-bond acceptors (Lipinski definition) is 6. The van der Waals surface area contributed by atoms with E-state index < -0.39 is 24.9 Å². The molecule has 1 saturated carbocycles. The summed E-state index contributed by atoms with van der Waals surface area (Å²) in [4.78, 5) is 32.4. The number of nitrogens with one attached hydrogen (secondary N) is 2. The van der Waals surface area contributed by atoms with Gasteiger partial charge in [-0.1, -0.05) is 0 Å². The van der Waals surface area contributed by atoms with E-state index in [1.165, 1.54) is 17.0 Å². The van der Waals surface area contributed by atoms with Crippen LogP contribution < -0.4 is 10.6 Å². The van der Waals surface area contributed by atoms with Crippen LogP contribution in [0, 0.1) is 5.92 Å². The molecule has 3 aromatic heterocycles. The van der Waals surface area contributed by atoms with Crippen molar-refractivity contribution in [2.45, 2.75) is 51.5 Å². The fraction of sp³-hybridized carbons (Fsp3) is 0.474. The van der Waals surface area contributed by atoms with Gasteiger partial charge in [0.1, 0.15) is 6.33 Å². The number of amides is 2. The lowest BCUT2D eigenvalue weighted by Crippen LogP contribution is -2.27. The van der Waals surface area contributed by atoms with Gasteiger partial charge in [0.2, 0.25) is 11.7 Å². The summed E-state index contributed by atoms with van der Waals surface area (Å²) in [5.41, 5.74) is 1.63. The summed E-state index contributed by atoms with van der Waals surface area (Å²) in [5.74, 6) is -0.238. The summed E-state index contributed by atoms with van der Waals surface area (Å²) in [6, 6.07) is 1.66. The van der Waals surface area contributed by atoms with Gasteiger partial charge in [-0.05, 0) is 30.4 Å². The van der Waals surface area contributed by atoms with E-state index in [-0.39, 0.29) is 24.8 Å². The summed E-state index contributed by atoms with van der Waals surface area (Å²) in [5, 5.41) is 13.5. The third-order valence-electron chi connectivity index (χ3n) is 4.93. The van der Waals surface area contributed by atoms with Gasteiger partial charge in [-0.15, -0.1) is 0 Å².